The van der Waals surface area contributed by atoms with Crippen LogP contribution in [0.1, 0.15) is 60.2 Å². The van der Waals surface area contributed by atoms with E-state index in [-0.39, 0.29) is 54.6 Å². The zero-order chi connectivity index (χ0) is 28.9. The van der Waals surface area contributed by atoms with Crippen LogP contribution in [0.3, 0.4) is 0 Å². The van der Waals surface area contributed by atoms with Crippen molar-refractivity contribution in [1.29, 1.82) is 0 Å². The first-order valence-corrected chi connectivity index (χ1v) is 12.9. The molecule has 2 aliphatic heterocycles. The Morgan fingerprint density at radius 2 is 1.95 bits per heavy atom. The summed E-state index contributed by atoms with van der Waals surface area (Å²) in [5.41, 5.74) is 1.55. The molecule has 3 aromatic heterocycles. The summed E-state index contributed by atoms with van der Waals surface area (Å²) in [7, 11) is 3.25. The Kier molecular flexibility index (Phi) is 6.88. The number of carboxylic acid groups (broad SMARTS) is 1. The molecule has 0 fully saturated rings. The van der Waals surface area contributed by atoms with Crippen LogP contribution < -0.4 is 9.80 Å². The van der Waals surface area contributed by atoms with Crippen molar-refractivity contribution >= 4 is 23.6 Å². The SMILES string of the molecule is CC(C)N(C)c1cc2c(c(CN(C)C(=O)O)n1)CN(c1cccc(-c3nnc4n3C(C(F)(F)F)CCC4)n1)C2=O. The van der Waals surface area contributed by atoms with Crippen LogP contribution in [0.2, 0.25) is 0 Å². The van der Waals surface area contributed by atoms with Crippen molar-refractivity contribution in [2.45, 2.75) is 64.5 Å². The van der Waals surface area contributed by atoms with Crippen LogP contribution in [-0.4, -0.2) is 73.1 Å². The second-order valence-corrected chi connectivity index (χ2v) is 10.3. The number of rotatable bonds is 6. The molecule has 0 bridgehead atoms. The Hall–Kier alpha value is -4.23. The monoisotopic (exact) mass is 558 g/mol. The van der Waals surface area contributed by atoms with Crippen LogP contribution in [0.4, 0.5) is 29.6 Å². The van der Waals surface area contributed by atoms with E-state index in [1.54, 1.807) is 24.3 Å². The van der Waals surface area contributed by atoms with Gasteiger partial charge in [0.05, 0.1) is 24.3 Å². The molecular weight excluding hydrogens is 529 g/mol. The van der Waals surface area contributed by atoms with Gasteiger partial charge in [-0.15, -0.1) is 10.2 Å². The highest BCUT2D eigenvalue weighted by molar-refractivity contribution is 6.10. The quantitative estimate of drug-likeness (QED) is 0.476. The molecule has 212 valence electrons. The van der Waals surface area contributed by atoms with Gasteiger partial charge in [0.25, 0.3) is 5.91 Å². The van der Waals surface area contributed by atoms with E-state index in [1.165, 1.54) is 11.9 Å². The van der Waals surface area contributed by atoms with Crippen LogP contribution in [0.25, 0.3) is 11.5 Å². The number of fused-ring (bicyclic) bond motifs is 2. The Morgan fingerprint density at radius 1 is 1.20 bits per heavy atom. The van der Waals surface area contributed by atoms with E-state index >= 15 is 0 Å². The number of carbonyl (C=O) groups excluding carboxylic acids is 1. The summed E-state index contributed by atoms with van der Waals surface area (Å²) >= 11 is 0. The molecule has 0 radical (unpaired) electrons. The average Bonchev–Trinajstić information content (AvgIpc) is 3.49. The second-order valence-electron chi connectivity index (χ2n) is 10.3. The van der Waals surface area contributed by atoms with Crippen molar-refractivity contribution < 1.29 is 27.9 Å². The molecule has 2 amide bonds. The van der Waals surface area contributed by atoms with Crippen LogP contribution in [0.15, 0.2) is 24.3 Å². The number of halogens is 3. The maximum atomic E-state index is 13.8. The lowest BCUT2D eigenvalue weighted by atomic mass is 10.0. The van der Waals surface area contributed by atoms with Crippen molar-refractivity contribution in [1.82, 2.24) is 29.6 Å². The van der Waals surface area contributed by atoms with Crippen molar-refractivity contribution in [3.63, 3.8) is 0 Å². The van der Waals surface area contributed by atoms with Gasteiger partial charge < -0.3 is 14.9 Å². The molecule has 3 aromatic rings. The van der Waals surface area contributed by atoms with Gasteiger partial charge in [-0.3, -0.25) is 14.3 Å². The topological polar surface area (TPSA) is 121 Å². The molecule has 11 nitrogen and oxygen atoms in total. The second kappa shape index (κ2) is 10.1. The molecular formula is C26H29F3N8O3. The van der Waals surface area contributed by atoms with Crippen LogP contribution in [0, 0.1) is 0 Å². The van der Waals surface area contributed by atoms with E-state index in [9.17, 15) is 27.9 Å². The molecule has 40 heavy (non-hydrogen) atoms. The van der Waals surface area contributed by atoms with E-state index in [0.717, 1.165) is 9.47 Å². The largest absolute Gasteiger partial charge is 0.465 e. The number of nitrogens with zero attached hydrogens (tertiary/aromatic N) is 8. The Morgan fingerprint density at radius 3 is 2.62 bits per heavy atom. The fraction of sp³-hybridized carbons (Fsp3) is 0.462. The standard InChI is InChI=1S/C26H29F3N8O3/c1-14(2)35(4)22-11-15-16(18(31-22)13-34(3)25(39)40)12-36(24(15)38)20-9-5-7-17(30-20)23-33-32-21-10-6-8-19(37(21)23)26(27,28)29/h5,7,9,11,14,19H,6,8,10,12-13H2,1-4H3,(H,39,40). The summed E-state index contributed by atoms with van der Waals surface area (Å²) < 4.78 is 42.6. The number of anilines is 2. The molecule has 0 saturated carbocycles. The van der Waals surface area contributed by atoms with Crippen molar-refractivity contribution in [3.05, 3.63) is 46.9 Å². The summed E-state index contributed by atoms with van der Waals surface area (Å²) in [6.45, 7) is 3.98. The third-order valence-corrected chi connectivity index (χ3v) is 7.41. The molecule has 1 N–H and O–H groups in total. The van der Waals surface area contributed by atoms with Crippen LogP contribution in [-0.2, 0) is 19.5 Å². The fourth-order valence-corrected chi connectivity index (χ4v) is 4.99. The van der Waals surface area contributed by atoms with E-state index in [2.05, 4.69) is 20.2 Å². The Balaban J connectivity index is 1.53. The van der Waals surface area contributed by atoms with Gasteiger partial charge in [-0.05, 0) is 44.9 Å². The predicted molar refractivity (Wildman–Crippen MR) is 139 cm³/mol. The smallest absolute Gasteiger partial charge is 0.409 e. The minimum Gasteiger partial charge on any atom is -0.465 e. The number of pyridine rings is 2. The van der Waals surface area contributed by atoms with Crippen molar-refractivity contribution in [2.75, 3.05) is 23.9 Å². The lowest BCUT2D eigenvalue weighted by Crippen LogP contribution is -2.31. The summed E-state index contributed by atoms with van der Waals surface area (Å²) in [5, 5.41) is 17.5. The molecule has 1 atom stereocenters. The lowest BCUT2D eigenvalue weighted by Gasteiger charge is -2.27. The van der Waals surface area contributed by atoms with E-state index in [4.69, 9.17) is 0 Å². The molecule has 0 spiro atoms. The zero-order valence-corrected chi connectivity index (χ0v) is 22.5. The third-order valence-electron chi connectivity index (χ3n) is 7.41. The highest BCUT2D eigenvalue weighted by Crippen LogP contribution is 2.41. The number of hydrogen-bond donors (Lipinski definition) is 1. The maximum absolute atomic E-state index is 13.8. The molecule has 5 heterocycles. The normalized spacial score (nSPS) is 16.8. The number of aromatic nitrogens is 5. The van der Waals surface area contributed by atoms with Crippen molar-refractivity contribution in [2.24, 2.45) is 0 Å². The maximum Gasteiger partial charge on any atom is 0.409 e. The molecule has 0 aromatic carbocycles. The van der Waals surface area contributed by atoms with Crippen molar-refractivity contribution in [3.8, 4) is 11.5 Å². The molecule has 2 aliphatic rings. The average molecular weight is 559 g/mol. The van der Waals surface area contributed by atoms with Gasteiger partial charge in [-0.1, -0.05) is 6.07 Å². The summed E-state index contributed by atoms with van der Waals surface area (Å²) in [5.74, 6) is 0.630. The Labute approximate surface area is 228 Å². The first-order chi connectivity index (χ1) is 18.9. The molecule has 1 unspecified atom stereocenters. The summed E-state index contributed by atoms with van der Waals surface area (Å²) in [6.07, 6.45) is -4.94. The molecule has 0 saturated heterocycles. The zero-order valence-electron chi connectivity index (χ0n) is 22.5. The first-order valence-electron chi connectivity index (χ1n) is 12.9. The van der Waals surface area contributed by atoms with Gasteiger partial charge in [-0.25, -0.2) is 14.8 Å². The highest BCUT2D eigenvalue weighted by atomic mass is 19.4. The fourth-order valence-electron chi connectivity index (χ4n) is 4.99. The number of aryl methyl sites for hydroxylation is 1. The molecule has 5 rings (SSSR count). The Bertz CT molecular complexity index is 1470. The summed E-state index contributed by atoms with van der Waals surface area (Å²) in [4.78, 5) is 38.8. The van der Waals surface area contributed by atoms with Gasteiger partial charge in [-0.2, -0.15) is 13.2 Å². The number of carbonyl (C=O) groups is 2. The van der Waals surface area contributed by atoms with Gasteiger partial charge in [0.15, 0.2) is 5.82 Å². The van der Waals surface area contributed by atoms with E-state index in [1.807, 2.05) is 25.8 Å². The van der Waals surface area contributed by atoms with Gasteiger partial charge in [0.2, 0.25) is 0 Å². The van der Waals surface area contributed by atoms with Gasteiger partial charge in [0, 0.05) is 32.1 Å². The van der Waals surface area contributed by atoms with Gasteiger partial charge in [0.1, 0.15) is 29.2 Å². The minimum atomic E-state index is -4.47. The van der Waals surface area contributed by atoms with E-state index in [0.29, 0.717) is 35.5 Å². The summed E-state index contributed by atoms with van der Waals surface area (Å²) in [6, 6.07) is 4.74. The number of alkyl halides is 3. The number of hydrogen-bond acceptors (Lipinski definition) is 7. The highest BCUT2D eigenvalue weighted by Gasteiger charge is 2.45. The van der Waals surface area contributed by atoms with E-state index < -0.39 is 18.3 Å². The van der Waals surface area contributed by atoms with Crippen LogP contribution in [0.5, 0.6) is 0 Å². The minimum absolute atomic E-state index is 0.00526. The number of amides is 2. The van der Waals surface area contributed by atoms with Gasteiger partial charge >= 0.3 is 12.3 Å². The lowest BCUT2D eigenvalue weighted by molar-refractivity contribution is -0.171. The predicted octanol–water partition coefficient (Wildman–Crippen LogP) is 4.29. The molecule has 0 aliphatic carbocycles. The third kappa shape index (κ3) is 4.82. The first kappa shape index (κ1) is 27.3. The molecule has 14 heteroatoms. The van der Waals surface area contributed by atoms with Crippen LogP contribution >= 0.6 is 0 Å².